The van der Waals surface area contributed by atoms with Crippen LogP contribution in [0.1, 0.15) is 17.3 Å². The molecule has 5 heteroatoms. The van der Waals surface area contributed by atoms with Crippen LogP contribution < -0.4 is 11.1 Å². The van der Waals surface area contributed by atoms with Crippen LogP contribution in [0.15, 0.2) is 22.7 Å². The first-order valence-electron chi connectivity index (χ1n) is 4.50. The number of hydrogen-bond acceptors (Lipinski definition) is 2. The van der Waals surface area contributed by atoms with Gasteiger partial charge < -0.3 is 11.1 Å². The summed E-state index contributed by atoms with van der Waals surface area (Å²) in [6.45, 7) is 2.24. The Kier molecular flexibility index (Phi) is 4.57. The molecule has 3 N–H and O–H groups in total. The van der Waals surface area contributed by atoms with E-state index in [0.29, 0.717) is 17.1 Å². The molecule has 3 nitrogen and oxygen atoms in total. The van der Waals surface area contributed by atoms with Gasteiger partial charge in [0.05, 0.1) is 10.6 Å². The number of amides is 1. The lowest BCUT2D eigenvalue weighted by Crippen LogP contribution is -2.37. The van der Waals surface area contributed by atoms with E-state index in [1.807, 2.05) is 6.92 Å². The molecular formula is C10H12BrClN2O. The van der Waals surface area contributed by atoms with Gasteiger partial charge in [-0.2, -0.15) is 0 Å². The zero-order valence-corrected chi connectivity index (χ0v) is 10.6. The van der Waals surface area contributed by atoms with E-state index in [-0.39, 0.29) is 11.9 Å². The van der Waals surface area contributed by atoms with E-state index in [0.717, 1.165) is 4.47 Å². The maximum absolute atomic E-state index is 11.7. The number of hydrogen-bond donors (Lipinski definition) is 2. The number of carbonyl (C=O) groups excluding carboxylic acids is 1. The van der Waals surface area contributed by atoms with Crippen molar-refractivity contribution in [3.05, 3.63) is 33.3 Å². The normalized spacial score (nSPS) is 12.3. The number of benzene rings is 1. The van der Waals surface area contributed by atoms with Crippen LogP contribution in [0.5, 0.6) is 0 Å². The third-order valence-corrected chi connectivity index (χ3v) is 2.73. The number of rotatable bonds is 3. The fourth-order valence-corrected chi connectivity index (χ4v) is 1.60. The van der Waals surface area contributed by atoms with Crippen LogP contribution >= 0.6 is 27.5 Å². The Bertz CT molecular complexity index is 370. The maximum atomic E-state index is 11.7. The van der Waals surface area contributed by atoms with Crippen molar-refractivity contribution in [2.75, 3.05) is 6.54 Å². The molecule has 0 radical (unpaired) electrons. The molecule has 15 heavy (non-hydrogen) atoms. The summed E-state index contributed by atoms with van der Waals surface area (Å²) in [4.78, 5) is 11.7. The van der Waals surface area contributed by atoms with Crippen molar-refractivity contribution in [1.82, 2.24) is 5.32 Å². The van der Waals surface area contributed by atoms with Crippen LogP contribution in [0.2, 0.25) is 5.02 Å². The number of nitrogens with two attached hydrogens (primary N) is 1. The molecule has 0 heterocycles. The lowest BCUT2D eigenvalue weighted by molar-refractivity contribution is 0.0941. The fraction of sp³-hybridized carbons (Fsp3) is 0.300. The molecule has 1 amide bonds. The second kappa shape index (κ2) is 5.49. The van der Waals surface area contributed by atoms with E-state index in [9.17, 15) is 4.79 Å². The molecule has 0 aromatic heterocycles. The van der Waals surface area contributed by atoms with E-state index in [2.05, 4.69) is 21.2 Å². The molecule has 0 bridgehead atoms. The number of carbonyl (C=O) groups is 1. The molecule has 1 atom stereocenters. The summed E-state index contributed by atoms with van der Waals surface area (Å²) >= 11 is 9.19. The highest BCUT2D eigenvalue weighted by Crippen LogP contribution is 2.20. The molecule has 0 fully saturated rings. The standard InChI is InChI=1S/C10H12BrClN2O/c1-6(5-13)14-10(15)8-4-7(11)2-3-9(8)12/h2-4,6H,5,13H2,1H3,(H,14,15)/t6-/m1/s1. The lowest BCUT2D eigenvalue weighted by atomic mass is 10.2. The van der Waals surface area contributed by atoms with E-state index < -0.39 is 0 Å². The van der Waals surface area contributed by atoms with Crippen LogP contribution in [0.3, 0.4) is 0 Å². The number of halogens is 2. The van der Waals surface area contributed by atoms with Gasteiger partial charge in [-0.05, 0) is 25.1 Å². The predicted molar refractivity (Wildman–Crippen MR) is 65.1 cm³/mol. The Balaban J connectivity index is 2.86. The van der Waals surface area contributed by atoms with Gasteiger partial charge in [0.25, 0.3) is 5.91 Å². The van der Waals surface area contributed by atoms with E-state index in [1.54, 1.807) is 18.2 Å². The van der Waals surface area contributed by atoms with Gasteiger partial charge in [0.15, 0.2) is 0 Å². The predicted octanol–water partition coefficient (Wildman–Crippen LogP) is 2.18. The summed E-state index contributed by atoms with van der Waals surface area (Å²) in [7, 11) is 0. The molecule has 0 saturated carbocycles. The largest absolute Gasteiger partial charge is 0.348 e. The molecule has 1 aromatic rings. The van der Waals surface area contributed by atoms with E-state index >= 15 is 0 Å². The Labute approximate surface area is 102 Å². The quantitative estimate of drug-likeness (QED) is 0.897. The van der Waals surface area contributed by atoms with Gasteiger partial charge in [0, 0.05) is 17.1 Å². The molecule has 0 spiro atoms. The van der Waals surface area contributed by atoms with Gasteiger partial charge in [-0.25, -0.2) is 0 Å². The first-order valence-corrected chi connectivity index (χ1v) is 5.67. The van der Waals surface area contributed by atoms with Crippen LogP contribution in [-0.4, -0.2) is 18.5 Å². The van der Waals surface area contributed by atoms with E-state index in [1.165, 1.54) is 0 Å². The lowest BCUT2D eigenvalue weighted by Gasteiger charge is -2.12. The van der Waals surface area contributed by atoms with Crippen LogP contribution in [0.25, 0.3) is 0 Å². The van der Waals surface area contributed by atoms with Crippen molar-refractivity contribution >= 4 is 33.4 Å². The van der Waals surface area contributed by atoms with Gasteiger partial charge >= 0.3 is 0 Å². The Hall–Kier alpha value is -0.580. The second-order valence-electron chi connectivity index (χ2n) is 3.23. The molecule has 0 aliphatic carbocycles. The maximum Gasteiger partial charge on any atom is 0.253 e. The molecule has 82 valence electrons. The van der Waals surface area contributed by atoms with Gasteiger partial charge in [-0.15, -0.1) is 0 Å². The zero-order chi connectivity index (χ0) is 11.4. The smallest absolute Gasteiger partial charge is 0.253 e. The molecule has 0 unspecified atom stereocenters. The summed E-state index contributed by atoms with van der Waals surface area (Å²) in [5, 5.41) is 3.18. The molecule has 0 saturated heterocycles. The van der Waals surface area contributed by atoms with Crippen molar-refractivity contribution in [2.24, 2.45) is 5.73 Å². The second-order valence-corrected chi connectivity index (χ2v) is 4.56. The minimum atomic E-state index is -0.209. The van der Waals surface area contributed by atoms with Crippen LogP contribution in [0, 0.1) is 0 Å². The van der Waals surface area contributed by atoms with Crippen molar-refractivity contribution in [2.45, 2.75) is 13.0 Å². The fourth-order valence-electron chi connectivity index (χ4n) is 1.03. The van der Waals surface area contributed by atoms with Crippen molar-refractivity contribution in [3.8, 4) is 0 Å². The molecular weight excluding hydrogens is 279 g/mol. The first-order chi connectivity index (χ1) is 7.04. The summed E-state index contributed by atoms with van der Waals surface area (Å²) in [6, 6.07) is 5.08. The summed E-state index contributed by atoms with van der Waals surface area (Å²) in [5.74, 6) is -0.209. The molecule has 0 aliphatic heterocycles. The average Bonchev–Trinajstić information content (AvgIpc) is 2.21. The first kappa shape index (κ1) is 12.5. The summed E-state index contributed by atoms with van der Waals surface area (Å²) in [6.07, 6.45) is 0. The van der Waals surface area contributed by atoms with Crippen molar-refractivity contribution in [3.63, 3.8) is 0 Å². The van der Waals surface area contributed by atoms with Gasteiger partial charge in [0.2, 0.25) is 0 Å². The highest BCUT2D eigenvalue weighted by atomic mass is 79.9. The third kappa shape index (κ3) is 3.48. The van der Waals surface area contributed by atoms with Crippen LogP contribution in [-0.2, 0) is 0 Å². The topological polar surface area (TPSA) is 55.1 Å². The molecule has 0 aliphatic rings. The van der Waals surface area contributed by atoms with E-state index in [4.69, 9.17) is 17.3 Å². The third-order valence-electron chi connectivity index (χ3n) is 1.90. The molecule has 1 aromatic carbocycles. The average molecular weight is 292 g/mol. The van der Waals surface area contributed by atoms with Gasteiger partial charge in [0.1, 0.15) is 0 Å². The highest BCUT2D eigenvalue weighted by molar-refractivity contribution is 9.10. The van der Waals surface area contributed by atoms with Crippen LogP contribution in [0.4, 0.5) is 0 Å². The van der Waals surface area contributed by atoms with Crippen molar-refractivity contribution in [1.29, 1.82) is 0 Å². The number of nitrogens with one attached hydrogen (secondary N) is 1. The van der Waals surface area contributed by atoms with Gasteiger partial charge in [-0.3, -0.25) is 4.79 Å². The van der Waals surface area contributed by atoms with Gasteiger partial charge in [-0.1, -0.05) is 27.5 Å². The Morgan fingerprint density at radius 1 is 1.67 bits per heavy atom. The monoisotopic (exact) mass is 290 g/mol. The Morgan fingerprint density at radius 3 is 2.93 bits per heavy atom. The summed E-state index contributed by atoms with van der Waals surface area (Å²) < 4.78 is 0.817. The summed E-state index contributed by atoms with van der Waals surface area (Å²) in [5.41, 5.74) is 5.86. The highest BCUT2D eigenvalue weighted by Gasteiger charge is 2.12. The zero-order valence-electron chi connectivity index (χ0n) is 8.26. The Morgan fingerprint density at radius 2 is 2.33 bits per heavy atom. The minimum Gasteiger partial charge on any atom is -0.348 e. The SMILES string of the molecule is C[C@H](CN)NC(=O)c1cc(Br)ccc1Cl. The minimum absolute atomic E-state index is 0.0625. The van der Waals surface area contributed by atoms with Crippen molar-refractivity contribution < 1.29 is 4.79 Å². The molecule has 1 rings (SSSR count).